The predicted molar refractivity (Wildman–Crippen MR) is 125 cm³/mol. The molecule has 0 aliphatic carbocycles. The lowest BCUT2D eigenvalue weighted by Gasteiger charge is -2.23. The fourth-order valence-electron chi connectivity index (χ4n) is 3.13. The second kappa shape index (κ2) is 11.7. The Labute approximate surface area is 188 Å². The van der Waals surface area contributed by atoms with E-state index in [1.54, 1.807) is 12.1 Å². The van der Waals surface area contributed by atoms with Crippen molar-refractivity contribution in [2.45, 2.75) is 45.0 Å². The molecular formula is C21H27IN4O3. The van der Waals surface area contributed by atoms with Gasteiger partial charge in [-0.25, -0.2) is 4.99 Å². The van der Waals surface area contributed by atoms with Crippen LogP contribution in [0.4, 0.5) is 5.69 Å². The van der Waals surface area contributed by atoms with Gasteiger partial charge < -0.3 is 15.4 Å². The third kappa shape index (κ3) is 7.28. The predicted octanol–water partition coefficient (Wildman–Crippen LogP) is 4.02. The molecule has 1 aliphatic heterocycles. The normalized spacial score (nSPS) is 17.3. The Morgan fingerprint density at radius 1 is 1.21 bits per heavy atom. The van der Waals surface area contributed by atoms with Crippen LogP contribution in [0.15, 0.2) is 59.6 Å². The zero-order chi connectivity index (χ0) is 19.8. The van der Waals surface area contributed by atoms with E-state index in [4.69, 9.17) is 9.73 Å². The Hall–Kier alpha value is -2.20. The molecule has 29 heavy (non-hydrogen) atoms. The highest BCUT2D eigenvalue weighted by Gasteiger charge is 2.23. The standard InChI is InChI=1S/C21H26N4O3.HI/c1-16(20-8-5-13-28-20)24-21(22-14-17-6-3-2-4-7-17)23-15-18-9-11-19(12-10-18)25(26)27;/h2-4,6-7,9-12,16,20H,5,8,13-15H2,1H3,(H2,22,23,24);1H. The summed E-state index contributed by atoms with van der Waals surface area (Å²) in [4.78, 5) is 15.1. The molecule has 1 aliphatic rings. The maximum atomic E-state index is 10.8. The number of halogens is 1. The highest BCUT2D eigenvalue weighted by atomic mass is 127. The summed E-state index contributed by atoms with van der Waals surface area (Å²) in [6, 6.07) is 16.7. The third-order valence-electron chi connectivity index (χ3n) is 4.76. The minimum Gasteiger partial charge on any atom is -0.376 e. The number of rotatable bonds is 7. The summed E-state index contributed by atoms with van der Waals surface area (Å²) in [5, 5.41) is 17.6. The Bertz CT molecular complexity index is 793. The van der Waals surface area contributed by atoms with Crippen molar-refractivity contribution < 1.29 is 9.66 Å². The van der Waals surface area contributed by atoms with Crippen LogP contribution in [0.25, 0.3) is 0 Å². The molecule has 1 heterocycles. The van der Waals surface area contributed by atoms with Crippen LogP contribution in [0.3, 0.4) is 0 Å². The fraction of sp³-hybridized carbons (Fsp3) is 0.381. The van der Waals surface area contributed by atoms with Crippen molar-refractivity contribution in [3.63, 3.8) is 0 Å². The van der Waals surface area contributed by atoms with Gasteiger partial charge in [0, 0.05) is 25.3 Å². The minimum atomic E-state index is -0.394. The Kier molecular flexibility index (Phi) is 9.33. The lowest BCUT2D eigenvalue weighted by atomic mass is 10.1. The fourth-order valence-corrected chi connectivity index (χ4v) is 3.13. The smallest absolute Gasteiger partial charge is 0.269 e. The largest absolute Gasteiger partial charge is 0.376 e. The third-order valence-corrected chi connectivity index (χ3v) is 4.76. The Morgan fingerprint density at radius 2 is 1.93 bits per heavy atom. The topological polar surface area (TPSA) is 88.8 Å². The Balaban J connectivity index is 0.00000300. The minimum absolute atomic E-state index is 0. The van der Waals surface area contributed by atoms with Gasteiger partial charge in [0.15, 0.2) is 5.96 Å². The molecule has 1 saturated heterocycles. The summed E-state index contributed by atoms with van der Waals surface area (Å²) in [7, 11) is 0. The number of hydrogen-bond donors (Lipinski definition) is 2. The molecule has 7 nitrogen and oxygen atoms in total. The van der Waals surface area contributed by atoms with Crippen molar-refractivity contribution >= 4 is 35.6 Å². The van der Waals surface area contributed by atoms with Gasteiger partial charge in [0.2, 0.25) is 0 Å². The summed E-state index contributed by atoms with van der Waals surface area (Å²) in [6.07, 6.45) is 2.31. The number of nitrogens with one attached hydrogen (secondary N) is 2. The van der Waals surface area contributed by atoms with E-state index in [0.29, 0.717) is 19.0 Å². The number of nitro benzene ring substituents is 1. The molecule has 8 heteroatoms. The number of nitrogens with zero attached hydrogens (tertiary/aromatic N) is 2. The van der Waals surface area contributed by atoms with Gasteiger partial charge in [0.1, 0.15) is 0 Å². The van der Waals surface area contributed by atoms with E-state index in [-0.39, 0.29) is 41.8 Å². The molecule has 0 radical (unpaired) electrons. The number of aliphatic imine (C=N–C) groups is 1. The molecule has 2 atom stereocenters. The van der Waals surface area contributed by atoms with Crippen LogP contribution in [0.1, 0.15) is 30.9 Å². The lowest BCUT2D eigenvalue weighted by molar-refractivity contribution is -0.384. The first-order valence-electron chi connectivity index (χ1n) is 9.55. The van der Waals surface area contributed by atoms with Crippen molar-refractivity contribution in [1.29, 1.82) is 0 Å². The molecule has 2 aromatic rings. The summed E-state index contributed by atoms with van der Waals surface area (Å²) in [6.45, 7) is 4.00. The summed E-state index contributed by atoms with van der Waals surface area (Å²) in [5.41, 5.74) is 2.17. The van der Waals surface area contributed by atoms with E-state index in [1.165, 1.54) is 12.1 Å². The van der Waals surface area contributed by atoms with Crippen LogP contribution < -0.4 is 10.6 Å². The highest BCUT2D eigenvalue weighted by molar-refractivity contribution is 14.0. The summed E-state index contributed by atoms with van der Waals surface area (Å²) >= 11 is 0. The van der Waals surface area contributed by atoms with Crippen molar-refractivity contribution in [2.24, 2.45) is 4.99 Å². The summed E-state index contributed by atoms with van der Waals surface area (Å²) in [5.74, 6) is 0.699. The number of guanidine groups is 1. The zero-order valence-electron chi connectivity index (χ0n) is 16.4. The number of benzene rings is 2. The van der Waals surface area contributed by atoms with Crippen LogP contribution >= 0.6 is 24.0 Å². The van der Waals surface area contributed by atoms with E-state index >= 15 is 0 Å². The van der Waals surface area contributed by atoms with Crippen molar-refractivity contribution in [1.82, 2.24) is 10.6 Å². The lowest BCUT2D eigenvalue weighted by Crippen LogP contribution is -2.46. The second-order valence-corrected chi connectivity index (χ2v) is 6.91. The molecule has 0 bridgehead atoms. The first-order chi connectivity index (χ1) is 13.6. The molecule has 156 valence electrons. The molecule has 0 amide bonds. The molecular weight excluding hydrogens is 483 g/mol. The average molecular weight is 510 g/mol. The zero-order valence-corrected chi connectivity index (χ0v) is 18.7. The molecule has 2 unspecified atom stereocenters. The molecule has 0 spiro atoms. The van der Waals surface area contributed by atoms with Gasteiger partial charge in [-0.05, 0) is 30.9 Å². The van der Waals surface area contributed by atoms with E-state index in [1.807, 2.05) is 30.3 Å². The Morgan fingerprint density at radius 3 is 2.55 bits per heavy atom. The van der Waals surface area contributed by atoms with Crippen LogP contribution in [-0.2, 0) is 17.8 Å². The van der Waals surface area contributed by atoms with E-state index < -0.39 is 4.92 Å². The van der Waals surface area contributed by atoms with E-state index in [2.05, 4.69) is 17.6 Å². The maximum absolute atomic E-state index is 10.8. The van der Waals surface area contributed by atoms with Crippen molar-refractivity contribution in [3.8, 4) is 0 Å². The van der Waals surface area contributed by atoms with Gasteiger partial charge in [-0.2, -0.15) is 0 Å². The van der Waals surface area contributed by atoms with Gasteiger partial charge in [-0.3, -0.25) is 10.1 Å². The molecule has 3 rings (SSSR count). The first kappa shape index (κ1) is 23.1. The average Bonchev–Trinajstić information content (AvgIpc) is 3.26. The molecule has 0 aromatic heterocycles. The SMILES string of the molecule is CC(NC(=NCc1ccccc1)NCc1ccc([N+](=O)[O-])cc1)C1CCCO1.I. The molecule has 1 fully saturated rings. The number of hydrogen-bond acceptors (Lipinski definition) is 4. The molecule has 2 N–H and O–H groups in total. The molecule has 0 saturated carbocycles. The highest BCUT2D eigenvalue weighted by Crippen LogP contribution is 2.15. The van der Waals surface area contributed by atoms with Crippen molar-refractivity contribution in [3.05, 3.63) is 75.8 Å². The quantitative estimate of drug-likeness (QED) is 0.193. The van der Waals surface area contributed by atoms with Gasteiger partial charge in [-0.15, -0.1) is 24.0 Å². The monoisotopic (exact) mass is 510 g/mol. The van der Waals surface area contributed by atoms with Gasteiger partial charge >= 0.3 is 0 Å². The van der Waals surface area contributed by atoms with Crippen LogP contribution in [-0.4, -0.2) is 29.6 Å². The number of non-ortho nitro benzene ring substituents is 1. The number of ether oxygens (including phenoxy) is 1. The maximum Gasteiger partial charge on any atom is 0.269 e. The first-order valence-corrected chi connectivity index (χ1v) is 9.55. The summed E-state index contributed by atoms with van der Waals surface area (Å²) < 4.78 is 5.77. The molecule has 2 aromatic carbocycles. The van der Waals surface area contributed by atoms with E-state index in [0.717, 1.165) is 30.6 Å². The van der Waals surface area contributed by atoms with Crippen LogP contribution in [0.2, 0.25) is 0 Å². The van der Waals surface area contributed by atoms with Crippen LogP contribution in [0.5, 0.6) is 0 Å². The second-order valence-electron chi connectivity index (χ2n) is 6.91. The van der Waals surface area contributed by atoms with Gasteiger partial charge in [-0.1, -0.05) is 42.5 Å². The van der Waals surface area contributed by atoms with Gasteiger partial charge in [0.25, 0.3) is 5.69 Å². The van der Waals surface area contributed by atoms with Crippen molar-refractivity contribution in [2.75, 3.05) is 6.61 Å². The van der Waals surface area contributed by atoms with E-state index in [9.17, 15) is 10.1 Å². The van der Waals surface area contributed by atoms with Crippen LogP contribution in [0, 0.1) is 10.1 Å². The number of nitro groups is 1. The van der Waals surface area contributed by atoms with Gasteiger partial charge in [0.05, 0.1) is 23.6 Å².